The average Bonchev–Trinajstić information content (AvgIpc) is 2.28. The monoisotopic (exact) mass is 307 g/mol. The van der Waals surface area contributed by atoms with Crippen molar-refractivity contribution < 1.29 is 17.2 Å². The van der Waals surface area contributed by atoms with Crippen molar-refractivity contribution in [1.82, 2.24) is 4.57 Å². The van der Waals surface area contributed by atoms with E-state index < -0.39 is 31.0 Å². The number of halogens is 3. The Balaban J connectivity index is 3.10. The number of hydrogen-bond donors (Lipinski definition) is 0. The van der Waals surface area contributed by atoms with Gasteiger partial charge in [0.05, 0.1) is 10.9 Å². The molecule has 0 radical (unpaired) electrons. The van der Waals surface area contributed by atoms with Crippen molar-refractivity contribution in [3.05, 3.63) is 40.2 Å². The van der Waals surface area contributed by atoms with Gasteiger partial charge in [0.25, 0.3) is 9.05 Å². The summed E-state index contributed by atoms with van der Waals surface area (Å²) in [6.07, 6.45) is 0.952. The topological polar surface area (TPSA) is 56.1 Å². The maximum atomic E-state index is 13.7. The zero-order chi connectivity index (χ0) is 14.4. The third-order valence-corrected chi connectivity index (χ3v) is 3.98. The standard InChI is InChI=1S/C11H8ClF2NO3S/c1-2-15-5-9(19(12,17)18)11(16)7-3-6(13)4-8(14)10(7)15/h3-5H,2H2,1H3. The second-order valence-corrected chi connectivity index (χ2v) is 6.36. The van der Waals surface area contributed by atoms with Gasteiger partial charge in [0.1, 0.15) is 10.7 Å². The van der Waals surface area contributed by atoms with Crippen LogP contribution in [0.3, 0.4) is 0 Å². The first-order valence-electron chi connectivity index (χ1n) is 5.22. The Hall–Kier alpha value is -1.47. The van der Waals surface area contributed by atoms with Crippen molar-refractivity contribution in [3.8, 4) is 0 Å². The molecule has 0 bridgehead atoms. The second-order valence-electron chi connectivity index (χ2n) is 3.83. The van der Waals surface area contributed by atoms with Gasteiger partial charge in [-0.3, -0.25) is 4.79 Å². The fourth-order valence-electron chi connectivity index (χ4n) is 1.85. The van der Waals surface area contributed by atoms with E-state index in [9.17, 15) is 22.0 Å². The van der Waals surface area contributed by atoms with E-state index in [1.807, 2.05) is 0 Å². The SMILES string of the molecule is CCn1cc(S(=O)(=O)Cl)c(=O)c2cc(F)cc(F)c21. The normalized spacial score (nSPS) is 12.0. The first kappa shape index (κ1) is 14.0. The Kier molecular flexibility index (Phi) is 3.36. The van der Waals surface area contributed by atoms with Gasteiger partial charge in [0.2, 0.25) is 5.43 Å². The molecule has 0 aliphatic heterocycles. The van der Waals surface area contributed by atoms with Crippen LogP contribution < -0.4 is 5.43 Å². The molecule has 0 atom stereocenters. The molecule has 1 heterocycles. The van der Waals surface area contributed by atoms with E-state index >= 15 is 0 Å². The Bertz CT molecular complexity index is 830. The van der Waals surface area contributed by atoms with Crippen LogP contribution in [-0.4, -0.2) is 13.0 Å². The molecule has 19 heavy (non-hydrogen) atoms. The second kappa shape index (κ2) is 4.57. The summed E-state index contributed by atoms with van der Waals surface area (Å²) >= 11 is 0. The van der Waals surface area contributed by atoms with Gasteiger partial charge in [-0.1, -0.05) is 0 Å². The first-order valence-corrected chi connectivity index (χ1v) is 7.53. The van der Waals surface area contributed by atoms with Crippen molar-refractivity contribution >= 4 is 30.6 Å². The van der Waals surface area contributed by atoms with Gasteiger partial charge in [0, 0.05) is 29.5 Å². The number of pyridine rings is 1. The van der Waals surface area contributed by atoms with Gasteiger partial charge in [0.15, 0.2) is 5.82 Å². The maximum Gasteiger partial charge on any atom is 0.266 e. The van der Waals surface area contributed by atoms with E-state index in [0.29, 0.717) is 6.07 Å². The molecule has 1 aromatic heterocycles. The van der Waals surface area contributed by atoms with Gasteiger partial charge >= 0.3 is 0 Å². The predicted molar refractivity (Wildman–Crippen MR) is 66.8 cm³/mol. The number of rotatable bonds is 2. The number of aromatic nitrogens is 1. The van der Waals surface area contributed by atoms with Crippen molar-refractivity contribution in [1.29, 1.82) is 0 Å². The summed E-state index contributed by atoms with van der Waals surface area (Å²) in [5.74, 6) is -1.90. The molecule has 0 spiro atoms. The van der Waals surface area contributed by atoms with E-state index in [2.05, 4.69) is 0 Å². The van der Waals surface area contributed by atoms with E-state index in [0.717, 1.165) is 12.3 Å². The van der Waals surface area contributed by atoms with Crippen molar-refractivity contribution in [2.45, 2.75) is 18.4 Å². The van der Waals surface area contributed by atoms with Crippen LogP contribution in [0.5, 0.6) is 0 Å². The number of fused-ring (bicyclic) bond motifs is 1. The van der Waals surface area contributed by atoms with Gasteiger partial charge in [-0.25, -0.2) is 17.2 Å². The summed E-state index contributed by atoms with van der Waals surface area (Å²) < 4.78 is 50.7. The highest BCUT2D eigenvalue weighted by Crippen LogP contribution is 2.21. The fraction of sp³-hybridized carbons (Fsp3) is 0.182. The molecule has 2 aromatic rings. The summed E-state index contributed by atoms with van der Waals surface area (Å²) in [5.41, 5.74) is -1.17. The summed E-state index contributed by atoms with van der Waals surface area (Å²) in [6, 6.07) is 1.42. The number of nitrogens with zero attached hydrogens (tertiary/aromatic N) is 1. The van der Waals surface area contributed by atoms with Crippen LogP contribution >= 0.6 is 10.7 Å². The number of aryl methyl sites for hydroxylation is 1. The Morgan fingerprint density at radius 2 is 1.95 bits per heavy atom. The molecule has 0 fully saturated rings. The minimum Gasteiger partial charge on any atom is -0.344 e. The molecule has 0 saturated carbocycles. The zero-order valence-electron chi connectivity index (χ0n) is 9.65. The number of benzene rings is 1. The van der Waals surface area contributed by atoms with E-state index in [-0.39, 0.29) is 17.4 Å². The largest absolute Gasteiger partial charge is 0.344 e. The average molecular weight is 308 g/mol. The first-order chi connectivity index (χ1) is 8.75. The van der Waals surface area contributed by atoms with Crippen molar-refractivity contribution in [2.75, 3.05) is 0 Å². The van der Waals surface area contributed by atoms with Gasteiger partial charge in [-0.05, 0) is 13.0 Å². The van der Waals surface area contributed by atoms with Crippen LogP contribution in [0.1, 0.15) is 6.92 Å². The van der Waals surface area contributed by atoms with Crippen LogP contribution in [0.4, 0.5) is 8.78 Å². The van der Waals surface area contributed by atoms with Gasteiger partial charge in [-0.2, -0.15) is 0 Å². The third-order valence-electron chi connectivity index (χ3n) is 2.66. The van der Waals surface area contributed by atoms with Crippen molar-refractivity contribution in [3.63, 3.8) is 0 Å². The lowest BCUT2D eigenvalue weighted by molar-refractivity contribution is 0.582. The highest BCUT2D eigenvalue weighted by Gasteiger charge is 2.20. The van der Waals surface area contributed by atoms with E-state index in [1.165, 1.54) is 4.57 Å². The summed E-state index contributed by atoms with van der Waals surface area (Å²) in [7, 11) is 0.855. The molecule has 0 unspecified atom stereocenters. The smallest absolute Gasteiger partial charge is 0.266 e. The molecule has 1 aromatic carbocycles. The van der Waals surface area contributed by atoms with Crippen LogP contribution in [0.2, 0.25) is 0 Å². The number of hydrogen-bond acceptors (Lipinski definition) is 3. The lowest BCUT2D eigenvalue weighted by Crippen LogP contribution is -2.17. The van der Waals surface area contributed by atoms with E-state index in [1.54, 1.807) is 6.92 Å². The molecular formula is C11H8ClF2NO3S. The quantitative estimate of drug-likeness (QED) is 0.799. The minimum absolute atomic E-state index is 0.155. The van der Waals surface area contributed by atoms with Crippen LogP contribution in [-0.2, 0) is 15.6 Å². The molecule has 8 heteroatoms. The Morgan fingerprint density at radius 3 is 2.47 bits per heavy atom. The highest BCUT2D eigenvalue weighted by molar-refractivity contribution is 8.13. The fourth-order valence-corrected chi connectivity index (χ4v) is 2.77. The molecule has 0 N–H and O–H groups in total. The third kappa shape index (κ3) is 2.35. The summed E-state index contributed by atoms with van der Waals surface area (Å²) in [4.78, 5) is 11.2. The van der Waals surface area contributed by atoms with Gasteiger partial charge in [-0.15, -0.1) is 0 Å². The Labute approximate surface area is 111 Å². The molecule has 102 valence electrons. The zero-order valence-corrected chi connectivity index (χ0v) is 11.2. The molecular weight excluding hydrogens is 300 g/mol. The molecule has 4 nitrogen and oxygen atoms in total. The van der Waals surface area contributed by atoms with Crippen LogP contribution in [0.15, 0.2) is 28.0 Å². The molecule has 2 rings (SSSR count). The molecule has 0 amide bonds. The lowest BCUT2D eigenvalue weighted by atomic mass is 10.2. The maximum absolute atomic E-state index is 13.7. The lowest BCUT2D eigenvalue weighted by Gasteiger charge is -2.11. The van der Waals surface area contributed by atoms with E-state index in [4.69, 9.17) is 10.7 Å². The van der Waals surface area contributed by atoms with Crippen LogP contribution in [0.25, 0.3) is 10.9 Å². The summed E-state index contributed by atoms with van der Waals surface area (Å²) in [5, 5.41) is -0.360. The minimum atomic E-state index is -4.29. The van der Waals surface area contributed by atoms with Crippen molar-refractivity contribution in [2.24, 2.45) is 0 Å². The Morgan fingerprint density at radius 1 is 1.32 bits per heavy atom. The highest BCUT2D eigenvalue weighted by atomic mass is 35.7. The molecule has 0 aliphatic rings. The van der Waals surface area contributed by atoms with Gasteiger partial charge < -0.3 is 4.57 Å². The van der Waals surface area contributed by atoms with Crippen LogP contribution in [0, 0.1) is 11.6 Å². The predicted octanol–water partition coefficient (Wildman–Crippen LogP) is 2.23. The summed E-state index contributed by atoms with van der Waals surface area (Å²) in [6.45, 7) is 1.82. The molecule has 0 saturated heterocycles. The molecule has 0 aliphatic carbocycles.